The molecule has 0 saturated carbocycles. The summed E-state index contributed by atoms with van der Waals surface area (Å²) in [5.41, 5.74) is 4.99. The number of hydrogen-bond donors (Lipinski definition) is 1. The van der Waals surface area contributed by atoms with Crippen LogP contribution in [-0.4, -0.2) is 26.3 Å². The molecule has 0 radical (unpaired) electrons. The number of hydrogen-bond acceptors (Lipinski definition) is 4. The Morgan fingerprint density at radius 2 is 1.89 bits per heavy atom. The lowest BCUT2D eigenvalue weighted by atomic mass is 10.1. The van der Waals surface area contributed by atoms with Crippen LogP contribution in [0.2, 0.25) is 0 Å². The molecule has 0 aliphatic rings. The first-order valence-electron chi connectivity index (χ1n) is 5.17. The lowest BCUT2D eigenvalue weighted by Gasteiger charge is -2.20. The van der Waals surface area contributed by atoms with E-state index in [-0.39, 0.29) is 12.4 Å². The van der Waals surface area contributed by atoms with Gasteiger partial charge in [-0.1, -0.05) is 12.1 Å². The van der Waals surface area contributed by atoms with Crippen molar-refractivity contribution in [2.75, 3.05) is 6.61 Å². The number of sulfone groups is 1. The van der Waals surface area contributed by atoms with Gasteiger partial charge in [-0.15, -0.1) is 0 Å². The quantitative estimate of drug-likeness (QED) is 0.892. The van der Waals surface area contributed by atoms with Gasteiger partial charge in [0.2, 0.25) is 9.84 Å². The maximum Gasteiger partial charge on any atom is 0.341 e. The maximum absolute atomic E-state index is 12.5. The van der Waals surface area contributed by atoms with E-state index in [4.69, 9.17) is 10.5 Å². The Balaban J connectivity index is 3.08. The van der Waals surface area contributed by atoms with Crippen LogP contribution in [-0.2, 0) is 9.84 Å². The fourth-order valence-electron chi connectivity index (χ4n) is 1.16. The molecule has 0 amide bonds. The molecular formula is C11H15F2NO3S. The van der Waals surface area contributed by atoms with Crippen LogP contribution >= 0.6 is 0 Å². The predicted molar refractivity (Wildman–Crippen MR) is 63.4 cm³/mol. The van der Waals surface area contributed by atoms with E-state index in [0.717, 1.165) is 6.07 Å². The van der Waals surface area contributed by atoms with E-state index in [9.17, 15) is 17.2 Å². The maximum atomic E-state index is 12.5. The average molecular weight is 279 g/mol. The van der Waals surface area contributed by atoms with Crippen molar-refractivity contribution in [2.45, 2.75) is 30.0 Å². The minimum atomic E-state index is -4.67. The fourth-order valence-corrected chi connectivity index (χ4v) is 2.03. The SMILES string of the molecule is CC(C)(N)COc1ccccc1S(=O)(=O)C(F)F. The monoisotopic (exact) mass is 279 g/mol. The van der Waals surface area contributed by atoms with Crippen LogP contribution in [0, 0.1) is 0 Å². The summed E-state index contributed by atoms with van der Waals surface area (Å²) in [6.07, 6.45) is 0. The van der Waals surface area contributed by atoms with Gasteiger partial charge < -0.3 is 10.5 Å². The molecule has 4 nitrogen and oxygen atoms in total. The molecule has 0 aliphatic heterocycles. The zero-order valence-corrected chi connectivity index (χ0v) is 10.9. The van der Waals surface area contributed by atoms with Crippen molar-refractivity contribution in [2.24, 2.45) is 5.73 Å². The third kappa shape index (κ3) is 3.64. The predicted octanol–water partition coefficient (Wildman–Crippen LogP) is 1.80. The van der Waals surface area contributed by atoms with Crippen molar-refractivity contribution in [3.63, 3.8) is 0 Å². The van der Waals surface area contributed by atoms with Gasteiger partial charge in [0.15, 0.2) is 0 Å². The van der Waals surface area contributed by atoms with E-state index in [1.807, 2.05) is 0 Å². The van der Waals surface area contributed by atoms with Crippen LogP contribution in [0.4, 0.5) is 8.78 Å². The summed E-state index contributed by atoms with van der Waals surface area (Å²) in [6.45, 7) is 3.37. The number of ether oxygens (including phenoxy) is 1. The summed E-state index contributed by atoms with van der Waals surface area (Å²) in [5.74, 6) is -3.59. The van der Waals surface area contributed by atoms with Crippen LogP contribution in [0.1, 0.15) is 13.8 Å². The molecule has 7 heteroatoms. The zero-order chi connectivity index (χ0) is 14.0. The van der Waals surface area contributed by atoms with Crippen LogP contribution in [0.3, 0.4) is 0 Å². The highest BCUT2D eigenvalue weighted by Crippen LogP contribution is 2.28. The standard InChI is InChI=1S/C11H15F2NO3S/c1-11(2,14)7-17-8-5-3-4-6-9(8)18(15,16)10(12)13/h3-6,10H,7,14H2,1-2H3. The minimum Gasteiger partial charge on any atom is -0.490 e. The molecule has 18 heavy (non-hydrogen) atoms. The Kier molecular flexibility index (Phi) is 4.28. The molecule has 1 aromatic rings. The first kappa shape index (κ1) is 14.8. The van der Waals surface area contributed by atoms with Crippen LogP contribution in [0.15, 0.2) is 29.2 Å². The molecule has 102 valence electrons. The summed E-state index contributed by atoms with van der Waals surface area (Å²) < 4.78 is 53.0. The highest BCUT2D eigenvalue weighted by atomic mass is 32.2. The Hall–Kier alpha value is -1.21. The summed E-state index contributed by atoms with van der Waals surface area (Å²) in [7, 11) is -4.67. The van der Waals surface area contributed by atoms with Crippen molar-refractivity contribution in [3.05, 3.63) is 24.3 Å². The van der Waals surface area contributed by atoms with E-state index in [1.165, 1.54) is 18.2 Å². The van der Waals surface area contributed by atoms with Gasteiger partial charge in [0.1, 0.15) is 17.3 Å². The molecule has 1 rings (SSSR count). The Labute approximate surface area is 105 Å². The highest BCUT2D eigenvalue weighted by Gasteiger charge is 2.30. The molecular weight excluding hydrogens is 264 g/mol. The molecule has 0 saturated heterocycles. The van der Waals surface area contributed by atoms with Crippen molar-refractivity contribution in [1.29, 1.82) is 0 Å². The van der Waals surface area contributed by atoms with E-state index in [1.54, 1.807) is 13.8 Å². The number of nitrogens with two attached hydrogens (primary N) is 1. The topological polar surface area (TPSA) is 69.4 Å². The Morgan fingerprint density at radius 3 is 2.39 bits per heavy atom. The largest absolute Gasteiger partial charge is 0.490 e. The highest BCUT2D eigenvalue weighted by molar-refractivity contribution is 7.91. The Bertz CT molecular complexity index is 509. The Morgan fingerprint density at radius 1 is 1.33 bits per heavy atom. The normalized spacial score (nSPS) is 12.8. The van der Waals surface area contributed by atoms with Gasteiger partial charge >= 0.3 is 5.76 Å². The van der Waals surface area contributed by atoms with Crippen LogP contribution in [0.5, 0.6) is 5.75 Å². The van der Waals surface area contributed by atoms with Gasteiger partial charge in [0.05, 0.1) is 0 Å². The van der Waals surface area contributed by atoms with Crippen molar-refractivity contribution >= 4 is 9.84 Å². The summed E-state index contributed by atoms with van der Waals surface area (Å²) >= 11 is 0. The fraction of sp³-hybridized carbons (Fsp3) is 0.455. The third-order valence-corrected chi connectivity index (χ3v) is 3.41. The second-order valence-corrected chi connectivity index (χ2v) is 6.42. The number of rotatable bonds is 5. The number of para-hydroxylation sites is 1. The van der Waals surface area contributed by atoms with Crippen molar-refractivity contribution < 1.29 is 21.9 Å². The first-order chi connectivity index (χ1) is 8.14. The summed E-state index contributed by atoms with van der Waals surface area (Å²) in [5, 5.41) is 0. The average Bonchev–Trinajstić information content (AvgIpc) is 2.25. The molecule has 0 fully saturated rings. The number of halogens is 2. The number of alkyl halides is 2. The molecule has 0 unspecified atom stereocenters. The molecule has 2 N–H and O–H groups in total. The molecule has 1 aromatic carbocycles. The molecule has 0 aromatic heterocycles. The van der Waals surface area contributed by atoms with E-state index in [2.05, 4.69) is 0 Å². The van der Waals surface area contributed by atoms with Gasteiger partial charge in [0.25, 0.3) is 0 Å². The van der Waals surface area contributed by atoms with Gasteiger partial charge in [-0.3, -0.25) is 0 Å². The molecule has 0 aliphatic carbocycles. The second kappa shape index (κ2) is 5.19. The van der Waals surface area contributed by atoms with E-state index in [0.29, 0.717) is 0 Å². The lowest BCUT2D eigenvalue weighted by molar-refractivity contribution is 0.227. The molecule has 0 heterocycles. The van der Waals surface area contributed by atoms with Gasteiger partial charge in [-0.25, -0.2) is 8.42 Å². The minimum absolute atomic E-state index is 0.0166. The summed E-state index contributed by atoms with van der Waals surface area (Å²) in [6, 6.07) is 5.26. The van der Waals surface area contributed by atoms with Gasteiger partial charge in [0, 0.05) is 5.54 Å². The second-order valence-electron chi connectivity index (χ2n) is 4.53. The molecule has 0 atom stereocenters. The zero-order valence-electron chi connectivity index (χ0n) is 10.1. The van der Waals surface area contributed by atoms with Crippen LogP contribution in [0.25, 0.3) is 0 Å². The van der Waals surface area contributed by atoms with E-state index < -0.39 is 26.0 Å². The van der Waals surface area contributed by atoms with Gasteiger partial charge in [-0.2, -0.15) is 8.78 Å². The molecule has 0 spiro atoms. The smallest absolute Gasteiger partial charge is 0.341 e. The van der Waals surface area contributed by atoms with Crippen molar-refractivity contribution in [3.8, 4) is 5.75 Å². The molecule has 0 bridgehead atoms. The third-order valence-electron chi connectivity index (χ3n) is 1.99. The summed E-state index contributed by atoms with van der Waals surface area (Å²) in [4.78, 5) is -0.524. The lowest BCUT2D eigenvalue weighted by Crippen LogP contribution is -2.38. The van der Waals surface area contributed by atoms with Gasteiger partial charge in [-0.05, 0) is 26.0 Å². The first-order valence-corrected chi connectivity index (χ1v) is 6.72. The van der Waals surface area contributed by atoms with Crippen molar-refractivity contribution in [1.82, 2.24) is 0 Å². The van der Waals surface area contributed by atoms with Crippen LogP contribution < -0.4 is 10.5 Å². The number of benzene rings is 1. The van der Waals surface area contributed by atoms with E-state index >= 15 is 0 Å².